The molecule has 0 fully saturated rings. The van der Waals surface area contributed by atoms with Crippen LogP contribution in [0.25, 0.3) is 5.57 Å². The molecule has 0 N–H and O–H groups in total. The van der Waals surface area contributed by atoms with Crippen LogP contribution < -0.4 is 0 Å². The van der Waals surface area contributed by atoms with Gasteiger partial charge < -0.3 is 0 Å². The van der Waals surface area contributed by atoms with Crippen molar-refractivity contribution in [1.82, 2.24) is 4.98 Å². The van der Waals surface area contributed by atoms with E-state index in [1.165, 1.54) is 5.57 Å². The molecule has 0 unspecified atom stereocenters. The summed E-state index contributed by atoms with van der Waals surface area (Å²) in [7, 11) is 0. The van der Waals surface area contributed by atoms with Gasteiger partial charge in [-0.3, -0.25) is 9.98 Å². The molecule has 0 saturated carbocycles. The minimum Gasteiger partial charge on any atom is -0.290 e. The lowest BCUT2D eigenvalue weighted by Crippen LogP contribution is -1.93. The number of hydrogen-bond donors (Lipinski definition) is 0. The average molecular weight is 281 g/mol. The SMILES string of the molecule is CC/N=C(C)\C=C(/CC)c1ccc(Br)cn1. The second-order valence-electron chi connectivity index (χ2n) is 3.50. The Bertz CT molecular complexity index is 391. The maximum atomic E-state index is 4.39. The lowest BCUT2D eigenvalue weighted by Gasteiger charge is -2.04. The standard InChI is InChI=1S/C13H17BrN2/c1-4-11(8-10(3)15-5-2)13-7-6-12(14)9-16-13/h6-9H,4-5H2,1-3H3/b11-8+,15-10-. The first-order valence-electron chi connectivity index (χ1n) is 5.51. The Hall–Kier alpha value is -0.960. The van der Waals surface area contributed by atoms with Gasteiger partial charge >= 0.3 is 0 Å². The first-order valence-corrected chi connectivity index (χ1v) is 6.30. The molecule has 0 aliphatic rings. The Morgan fingerprint density at radius 3 is 2.69 bits per heavy atom. The zero-order chi connectivity index (χ0) is 12.0. The van der Waals surface area contributed by atoms with Crippen molar-refractivity contribution in [2.24, 2.45) is 4.99 Å². The zero-order valence-electron chi connectivity index (χ0n) is 10.00. The summed E-state index contributed by atoms with van der Waals surface area (Å²) in [6.45, 7) is 7.03. The van der Waals surface area contributed by atoms with Gasteiger partial charge in [0.15, 0.2) is 0 Å². The van der Waals surface area contributed by atoms with Crippen molar-refractivity contribution in [3.63, 3.8) is 0 Å². The second-order valence-corrected chi connectivity index (χ2v) is 4.42. The van der Waals surface area contributed by atoms with Gasteiger partial charge in [0, 0.05) is 22.9 Å². The highest BCUT2D eigenvalue weighted by Gasteiger charge is 2.01. The van der Waals surface area contributed by atoms with Crippen LogP contribution in [0.5, 0.6) is 0 Å². The fraction of sp³-hybridized carbons (Fsp3) is 0.385. The van der Waals surface area contributed by atoms with Crippen LogP contribution in [0.4, 0.5) is 0 Å². The van der Waals surface area contributed by atoms with E-state index in [1.807, 2.05) is 32.2 Å². The van der Waals surface area contributed by atoms with Crippen LogP contribution in [-0.2, 0) is 0 Å². The molecule has 0 atom stereocenters. The highest BCUT2D eigenvalue weighted by molar-refractivity contribution is 9.10. The Kier molecular flexibility index (Phi) is 5.39. The highest BCUT2D eigenvalue weighted by atomic mass is 79.9. The molecule has 0 radical (unpaired) electrons. The minimum absolute atomic E-state index is 0.826. The Labute approximate surface area is 106 Å². The summed E-state index contributed by atoms with van der Waals surface area (Å²) in [5.41, 5.74) is 3.31. The number of nitrogens with zero attached hydrogens (tertiary/aromatic N) is 2. The van der Waals surface area contributed by atoms with Gasteiger partial charge in [-0.15, -0.1) is 0 Å². The molecule has 2 nitrogen and oxygen atoms in total. The molecule has 0 aliphatic heterocycles. The van der Waals surface area contributed by atoms with Gasteiger partial charge in [-0.2, -0.15) is 0 Å². The van der Waals surface area contributed by atoms with E-state index in [0.717, 1.165) is 28.8 Å². The molecular weight excluding hydrogens is 264 g/mol. The van der Waals surface area contributed by atoms with E-state index in [4.69, 9.17) is 0 Å². The molecule has 1 heterocycles. The normalized spacial score (nSPS) is 13.0. The van der Waals surface area contributed by atoms with E-state index >= 15 is 0 Å². The number of allylic oxidation sites excluding steroid dienone is 2. The van der Waals surface area contributed by atoms with E-state index in [2.05, 4.69) is 38.9 Å². The van der Waals surface area contributed by atoms with Crippen molar-refractivity contribution >= 4 is 27.2 Å². The third-order valence-electron chi connectivity index (χ3n) is 2.23. The van der Waals surface area contributed by atoms with Gasteiger partial charge in [0.2, 0.25) is 0 Å². The van der Waals surface area contributed by atoms with Crippen LogP contribution in [0.15, 0.2) is 33.9 Å². The molecular formula is C13H17BrN2. The quantitative estimate of drug-likeness (QED) is 0.762. The van der Waals surface area contributed by atoms with Crippen molar-refractivity contribution in [3.05, 3.63) is 34.6 Å². The summed E-state index contributed by atoms with van der Waals surface area (Å²) in [5, 5.41) is 0. The predicted octanol–water partition coefficient (Wildman–Crippen LogP) is 4.12. The van der Waals surface area contributed by atoms with E-state index < -0.39 is 0 Å². The van der Waals surface area contributed by atoms with E-state index in [9.17, 15) is 0 Å². The van der Waals surface area contributed by atoms with Crippen molar-refractivity contribution < 1.29 is 0 Å². The Balaban J connectivity index is 2.98. The number of aromatic nitrogens is 1. The van der Waals surface area contributed by atoms with Crippen molar-refractivity contribution in [2.75, 3.05) is 6.54 Å². The molecule has 0 aromatic carbocycles. The summed E-state index contributed by atoms with van der Waals surface area (Å²) in [6, 6.07) is 4.04. The molecule has 0 amide bonds. The first kappa shape index (κ1) is 13.1. The molecule has 1 rings (SSSR count). The molecule has 86 valence electrons. The van der Waals surface area contributed by atoms with Gasteiger partial charge in [-0.25, -0.2) is 0 Å². The lowest BCUT2D eigenvalue weighted by atomic mass is 10.1. The zero-order valence-corrected chi connectivity index (χ0v) is 11.6. The van der Waals surface area contributed by atoms with Gasteiger partial charge in [0.1, 0.15) is 0 Å². The smallest absolute Gasteiger partial charge is 0.0662 e. The maximum Gasteiger partial charge on any atom is 0.0662 e. The molecule has 0 aliphatic carbocycles. The van der Waals surface area contributed by atoms with Crippen LogP contribution in [-0.4, -0.2) is 17.2 Å². The van der Waals surface area contributed by atoms with Crippen LogP contribution in [0.3, 0.4) is 0 Å². The Morgan fingerprint density at radius 1 is 1.44 bits per heavy atom. The number of pyridine rings is 1. The summed E-state index contributed by atoms with van der Waals surface area (Å²) < 4.78 is 1.01. The van der Waals surface area contributed by atoms with Crippen LogP contribution in [0.1, 0.15) is 32.9 Å². The maximum absolute atomic E-state index is 4.39. The van der Waals surface area contributed by atoms with E-state index in [-0.39, 0.29) is 0 Å². The monoisotopic (exact) mass is 280 g/mol. The molecule has 3 heteroatoms. The van der Waals surface area contributed by atoms with Gasteiger partial charge in [0.25, 0.3) is 0 Å². The topological polar surface area (TPSA) is 25.2 Å². The summed E-state index contributed by atoms with van der Waals surface area (Å²) >= 11 is 3.39. The fourth-order valence-electron chi connectivity index (χ4n) is 1.47. The van der Waals surface area contributed by atoms with Crippen molar-refractivity contribution in [2.45, 2.75) is 27.2 Å². The predicted molar refractivity (Wildman–Crippen MR) is 73.9 cm³/mol. The second kappa shape index (κ2) is 6.59. The van der Waals surface area contributed by atoms with Crippen LogP contribution in [0, 0.1) is 0 Å². The largest absolute Gasteiger partial charge is 0.290 e. The van der Waals surface area contributed by atoms with Gasteiger partial charge in [-0.05, 0) is 60.0 Å². The third-order valence-corrected chi connectivity index (χ3v) is 2.70. The average Bonchev–Trinajstić information content (AvgIpc) is 2.27. The third kappa shape index (κ3) is 3.89. The van der Waals surface area contributed by atoms with Crippen molar-refractivity contribution in [3.8, 4) is 0 Å². The van der Waals surface area contributed by atoms with Gasteiger partial charge in [0.05, 0.1) is 5.69 Å². The lowest BCUT2D eigenvalue weighted by molar-refractivity contribution is 1.13. The van der Waals surface area contributed by atoms with Crippen molar-refractivity contribution in [1.29, 1.82) is 0 Å². The van der Waals surface area contributed by atoms with Crippen LogP contribution >= 0.6 is 15.9 Å². The summed E-state index contributed by atoms with van der Waals surface area (Å²) in [6.07, 6.45) is 4.90. The van der Waals surface area contributed by atoms with E-state index in [0.29, 0.717) is 0 Å². The number of rotatable bonds is 4. The summed E-state index contributed by atoms with van der Waals surface area (Å²) in [5.74, 6) is 0. The molecule has 0 spiro atoms. The van der Waals surface area contributed by atoms with Crippen LogP contribution in [0.2, 0.25) is 0 Å². The minimum atomic E-state index is 0.826. The summed E-state index contributed by atoms with van der Waals surface area (Å²) in [4.78, 5) is 8.75. The molecule has 1 aromatic rings. The number of hydrogen-bond acceptors (Lipinski definition) is 2. The van der Waals surface area contributed by atoms with E-state index in [1.54, 1.807) is 0 Å². The molecule has 1 aromatic heterocycles. The number of halogens is 1. The molecule has 0 bridgehead atoms. The fourth-order valence-corrected chi connectivity index (χ4v) is 1.70. The van der Waals surface area contributed by atoms with Gasteiger partial charge in [-0.1, -0.05) is 6.92 Å². The highest BCUT2D eigenvalue weighted by Crippen LogP contribution is 2.17. The number of aliphatic imine (C=N–C) groups is 1. The molecule has 16 heavy (non-hydrogen) atoms. The Morgan fingerprint density at radius 2 is 2.19 bits per heavy atom. The first-order chi connectivity index (χ1) is 7.67. The molecule has 0 saturated heterocycles.